The molecular formula is C10H14FNO4. The van der Waals surface area contributed by atoms with Gasteiger partial charge in [0.05, 0.1) is 12.5 Å². The van der Waals surface area contributed by atoms with E-state index in [-0.39, 0.29) is 26.0 Å². The lowest BCUT2D eigenvalue weighted by Gasteiger charge is -2.38. The van der Waals surface area contributed by atoms with Gasteiger partial charge in [-0.05, 0) is 12.8 Å². The van der Waals surface area contributed by atoms with Crippen molar-refractivity contribution in [3.63, 3.8) is 0 Å². The Kier molecular flexibility index (Phi) is 3.87. The Morgan fingerprint density at radius 1 is 1.62 bits per heavy atom. The minimum atomic E-state index is -1.61. The van der Waals surface area contributed by atoms with Gasteiger partial charge in [0.25, 0.3) is 0 Å². The second-order valence-electron chi connectivity index (χ2n) is 3.83. The number of amides is 1. The topological polar surface area (TPSA) is 75.6 Å². The molecule has 16 heavy (non-hydrogen) atoms. The summed E-state index contributed by atoms with van der Waals surface area (Å²) in [6.07, 6.45) is 0.540. The van der Waals surface area contributed by atoms with Crippen LogP contribution in [0.4, 0.5) is 9.18 Å². The molecule has 5 nitrogen and oxygen atoms in total. The number of alkyl halides is 1. The fourth-order valence-corrected chi connectivity index (χ4v) is 1.56. The van der Waals surface area contributed by atoms with Crippen LogP contribution in [0.25, 0.3) is 0 Å². The average Bonchev–Trinajstić information content (AvgIpc) is 2.19. The minimum absolute atomic E-state index is 0.0584. The lowest BCUT2D eigenvalue weighted by Crippen LogP contribution is -2.51. The number of carbonyl (C=O) groups excluding carboxylic acids is 1. The van der Waals surface area contributed by atoms with Crippen LogP contribution < -0.4 is 5.32 Å². The number of rotatable bonds is 5. The van der Waals surface area contributed by atoms with E-state index in [4.69, 9.17) is 5.11 Å². The molecule has 1 amide bonds. The van der Waals surface area contributed by atoms with Crippen molar-refractivity contribution in [3.8, 4) is 0 Å². The van der Waals surface area contributed by atoms with Crippen molar-refractivity contribution in [1.29, 1.82) is 0 Å². The monoisotopic (exact) mass is 231 g/mol. The Morgan fingerprint density at radius 3 is 2.75 bits per heavy atom. The van der Waals surface area contributed by atoms with Crippen molar-refractivity contribution >= 4 is 12.1 Å². The van der Waals surface area contributed by atoms with E-state index < -0.39 is 23.6 Å². The van der Waals surface area contributed by atoms with E-state index in [0.717, 1.165) is 0 Å². The summed E-state index contributed by atoms with van der Waals surface area (Å²) in [4.78, 5) is 21.4. The third kappa shape index (κ3) is 3.22. The third-order valence-corrected chi connectivity index (χ3v) is 2.46. The zero-order chi connectivity index (χ0) is 12.2. The molecule has 1 aliphatic rings. The zero-order valence-electron chi connectivity index (χ0n) is 8.74. The maximum atomic E-state index is 13.6. The summed E-state index contributed by atoms with van der Waals surface area (Å²) >= 11 is 0. The normalized spacial score (nSPS) is 27.7. The van der Waals surface area contributed by atoms with Crippen molar-refractivity contribution in [3.05, 3.63) is 12.7 Å². The second-order valence-corrected chi connectivity index (χ2v) is 3.83. The first-order valence-electron chi connectivity index (χ1n) is 4.90. The molecule has 0 spiro atoms. The summed E-state index contributed by atoms with van der Waals surface area (Å²) in [6, 6.07) is 0. The van der Waals surface area contributed by atoms with Crippen LogP contribution in [0.5, 0.6) is 0 Å². The van der Waals surface area contributed by atoms with Crippen LogP contribution in [-0.4, -0.2) is 36.0 Å². The molecule has 1 rings (SSSR count). The van der Waals surface area contributed by atoms with Crippen molar-refractivity contribution in [2.24, 2.45) is 5.92 Å². The largest absolute Gasteiger partial charge is 0.481 e. The molecule has 0 unspecified atom stereocenters. The summed E-state index contributed by atoms with van der Waals surface area (Å²) < 4.78 is 18.2. The molecule has 1 aliphatic carbocycles. The fraction of sp³-hybridized carbons (Fsp3) is 0.600. The molecule has 0 aromatic rings. The highest BCUT2D eigenvalue weighted by Crippen LogP contribution is 2.40. The van der Waals surface area contributed by atoms with Crippen LogP contribution in [0.1, 0.15) is 12.8 Å². The molecule has 90 valence electrons. The second kappa shape index (κ2) is 4.96. The lowest BCUT2D eigenvalue weighted by atomic mass is 9.72. The number of aliphatic carboxylic acids is 1. The number of hydrogen-bond donors (Lipinski definition) is 2. The summed E-state index contributed by atoms with van der Waals surface area (Å²) in [5, 5.41) is 10.8. The van der Waals surface area contributed by atoms with E-state index >= 15 is 0 Å². The predicted octanol–water partition coefficient (Wildman–Crippen LogP) is 1.10. The van der Waals surface area contributed by atoms with E-state index in [2.05, 4.69) is 16.6 Å². The Balaban J connectivity index is 2.21. The molecule has 0 radical (unpaired) electrons. The molecule has 2 N–H and O–H groups in total. The van der Waals surface area contributed by atoms with Crippen LogP contribution in [0.2, 0.25) is 0 Å². The number of alkyl carbamates (subject to hydrolysis) is 1. The third-order valence-electron chi connectivity index (χ3n) is 2.46. The molecule has 6 heteroatoms. The first kappa shape index (κ1) is 12.5. The van der Waals surface area contributed by atoms with Crippen molar-refractivity contribution in [1.82, 2.24) is 5.32 Å². The number of ether oxygens (including phenoxy) is 1. The predicted molar refractivity (Wildman–Crippen MR) is 53.7 cm³/mol. The molecule has 0 heterocycles. The highest BCUT2D eigenvalue weighted by Gasteiger charge is 2.48. The maximum Gasteiger partial charge on any atom is 0.407 e. The smallest absolute Gasteiger partial charge is 0.407 e. The van der Waals surface area contributed by atoms with Crippen LogP contribution in [-0.2, 0) is 9.53 Å². The number of carbonyl (C=O) groups is 2. The van der Waals surface area contributed by atoms with E-state index in [1.54, 1.807) is 0 Å². The Hall–Kier alpha value is -1.59. The SMILES string of the molecule is C=CCOC(=O)NCC1(F)CC(C(=O)O)C1. The van der Waals surface area contributed by atoms with Gasteiger partial charge >= 0.3 is 12.1 Å². The maximum absolute atomic E-state index is 13.6. The Labute approximate surface area is 92.3 Å². The number of carboxylic acids is 1. The van der Waals surface area contributed by atoms with Crippen molar-refractivity contribution in [2.45, 2.75) is 18.5 Å². The summed E-state index contributed by atoms with van der Waals surface area (Å²) in [5.41, 5.74) is -1.61. The van der Waals surface area contributed by atoms with Crippen LogP contribution in [0.15, 0.2) is 12.7 Å². The van der Waals surface area contributed by atoms with Crippen molar-refractivity contribution in [2.75, 3.05) is 13.2 Å². The van der Waals surface area contributed by atoms with Gasteiger partial charge in [0, 0.05) is 0 Å². The summed E-state index contributed by atoms with van der Waals surface area (Å²) in [7, 11) is 0. The Bertz CT molecular complexity index is 299. The molecule has 0 bridgehead atoms. The summed E-state index contributed by atoms with van der Waals surface area (Å²) in [6.45, 7) is 3.20. The molecule has 0 aliphatic heterocycles. The van der Waals surface area contributed by atoms with Gasteiger partial charge in [-0.25, -0.2) is 9.18 Å². The Morgan fingerprint density at radius 2 is 2.25 bits per heavy atom. The molecule has 0 saturated heterocycles. The first-order chi connectivity index (χ1) is 7.47. The quantitative estimate of drug-likeness (QED) is 0.695. The van der Waals surface area contributed by atoms with Crippen molar-refractivity contribution < 1.29 is 23.8 Å². The van der Waals surface area contributed by atoms with E-state index in [1.807, 2.05) is 0 Å². The van der Waals surface area contributed by atoms with Gasteiger partial charge in [-0.2, -0.15) is 0 Å². The van der Waals surface area contributed by atoms with Gasteiger partial charge in [-0.1, -0.05) is 12.7 Å². The highest BCUT2D eigenvalue weighted by molar-refractivity contribution is 5.72. The fourth-order valence-electron chi connectivity index (χ4n) is 1.56. The van der Waals surface area contributed by atoms with Gasteiger partial charge < -0.3 is 15.2 Å². The van der Waals surface area contributed by atoms with Gasteiger partial charge in [-0.15, -0.1) is 0 Å². The summed E-state index contributed by atoms with van der Waals surface area (Å²) in [5.74, 6) is -1.64. The molecule has 1 saturated carbocycles. The number of nitrogens with one attached hydrogen (secondary N) is 1. The van der Waals surface area contributed by atoms with E-state index in [1.165, 1.54) is 6.08 Å². The molecule has 0 aromatic carbocycles. The van der Waals surface area contributed by atoms with E-state index in [0.29, 0.717) is 0 Å². The van der Waals surface area contributed by atoms with Crippen LogP contribution in [0.3, 0.4) is 0 Å². The average molecular weight is 231 g/mol. The van der Waals surface area contributed by atoms with Gasteiger partial charge in [0.15, 0.2) is 0 Å². The van der Waals surface area contributed by atoms with Crippen LogP contribution >= 0.6 is 0 Å². The number of hydrogen-bond acceptors (Lipinski definition) is 3. The van der Waals surface area contributed by atoms with Crippen LogP contribution in [0, 0.1) is 5.92 Å². The number of halogens is 1. The highest BCUT2D eigenvalue weighted by atomic mass is 19.1. The van der Waals surface area contributed by atoms with Gasteiger partial charge in [0.2, 0.25) is 0 Å². The minimum Gasteiger partial charge on any atom is -0.481 e. The molecule has 1 fully saturated rings. The lowest BCUT2D eigenvalue weighted by molar-refractivity contribution is -0.151. The van der Waals surface area contributed by atoms with E-state index in [9.17, 15) is 14.0 Å². The first-order valence-corrected chi connectivity index (χ1v) is 4.90. The standard InChI is InChI=1S/C10H14FNO4/c1-2-3-16-9(15)12-6-10(11)4-7(5-10)8(13)14/h2,7H,1,3-6H2,(H,12,15)(H,13,14). The molecule has 0 aromatic heterocycles. The molecular weight excluding hydrogens is 217 g/mol. The molecule has 0 atom stereocenters. The zero-order valence-corrected chi connectivity index (χ0v) is 8.74. The van der Waals surface area contributed by atoms with Gasteiger partial charge in [-0.3, -0.25) is 4.79 Å². The van der Waals surface area contributed by atoms with Gasteiger partial charge in [0.1, 0.15) is 12.3 Å². The number of carboxylic acid groups (broad SMARTS) is 1.